The lowest BCUT2D eigenvalue weighted by Gasteiger charge is -2.35. The van der Waals surface area contributed by atoms with E-state index in [4.69, 9.17) is 4.74 Å². The second kappa shape index (κ2) is 10.3. The van der Waals surface area contributed by atoms with Gasteiger partial charge in [0.1, 0.15) is 5.75 Å². The van der Waals surface area contributed by atoms with Crippen LogP contribution in [0.1, 0.15) is 40.0 Å². The predicted octanol–water partition coefficient (Wildman–Crippen LogP) is 2.90. The van der Waals surface area contributed by atoms with Crippen LogP contribution in [-0.2, 0) is 9.59 Å². The standard InChI is InChI=1S/C21H33N3O3/c1-5-24(13-20(25)22-17-11-8-9-15(2)16(17)3)14-21(26)23-18-10-6-7-12-19(18)27-4/h6-7,10,12,15-17H,5,8-9,11,13-14H2,1-4H3,(H,22,25)(H,23,26). The summed E-state index contributed by atoms with van der Waals surface area (Å²) in [6, 6.07) is 7.53. The molecule has 2 rings (SSSR count). The summed E-state index contributed by atoms with van der Waals surface area (Å²) in [4.78, 5) is 26.7. The van der Waals surface area contributed by atoms with E-state index >= 15 is 0 Å². The van der Waals surface area contributed by atoms with Gasteiger partial charge in [-0.15, -0.1) is 0 Å². The smallest absolute Gasteiger partial charge is 0.238 e. The number of nitrogens with one attached hydrogen (secondary N) is 2. The number of rotatable bonds is 8. The van der Waals surface area contributed by atoms with Crippen molar-refractivity contribution >= 4 is 17.5 Å². The molecule has 2 N–H and O–H groups in total. The lowest BCUT2D eigenvalue weighted by Crippen LogP contribution is -2.48. The molecule has 0 aliphatic heterocycles. The molecule has 0 saturated heterocycles. The number of methoxy groups -OCH3 is 1. The Bertz CT molecular complexity index is 635. The summed E-state index contributed by atoms with van der Waals surface area (Å²) < 4.78 is 5.25. The fourth-order valence-corrected chi connectivity index (χ4v) is 3.66. The maximum Gasteiger partial charge on any atom is 0.238 e. The average Bonchev–Trinajstić information content (AvgIpc) is 2.65. The second-order valence-electron chi connectivity index (χ2n) is 7.49. The first-order chi connectivity index (χ1) is 12.9. The molecule has 3 unspecified atom stereocenters. The highest BCUT2D eigenvalue weighted by Gasteiger charge is 2.28. The molecule has 0 radical (unpaired) electrons. The van der Waals surface area contributed by atoms with Crippen molar-refractivity contribution in [2.75, 3.05) is 32.1 Å². The van der Waals surface area contributed by atoms with Crippen molar-refractivity contribution in [2.45, 2.75) is 46.1 Å². The van der Waals surface area contributed by atoms with Crippen LogP contribution in [0.5, 0.6) is 5.75 Å². The number of anilines is 1. The molecular weight excluding hydrogens is 342 g/mol. The molecule has 0 spiro atoms. The number of para-hydroxylation sites is 2. The molecule has 0 aromatic heterocycles. The minimum Gasteiger partial charge on any atom is -0.495 e. The normalized spacial score (nSPS) is 22.3. The molecule has 27 heavy (non-hydrogen) atoms. The van der Waals surface area contributed by atoms with E-state index < -0.39 is 0 Å². The number of benzene rings is 1. The third-order valence-electron chi connectivity index (χ3n) is 5.62. The Balaban J connectivity index is 1.85. The van der Waals surface area contributed by atoms with Gasteiger partial charge in [0.05, 0.1) is 25.9 Å². The first kappa shape index (κ1) is 21.2. The van der Waals surface area contributed by atoms with Crippen molar-refractivity contribution in [3.8, 4) is 5.75 Å². The van der Waals surface area contributed by atoms with Gasteiger partial charge in [0.2, 0.25) is 11.8 Å². The maximum atomic E-state index is 12.5. The van der Waals surface area contributed by atoms with Crippen molar-refractivity contribution in [3.05, 3.63) is 24.3 Å². The van der Waals surface area contributed by atoms with Gasteiger partial charge in [-0.1, -0.05) is 45.7 Å². The molecule has 3 atom stereocenters. The molecule has 1 fully saturated rings. The Hall–Kier alpha value is -2.08. The van der Waals surface area contributed by atoms with E-state index in [9.17, 15) is 9.59 Å². The van der Waals surface area contributed by atoms with Crippen LogP contribution >= 0.6 is 0 Å². The van der Waals surface area contributed by atoms with Gasteiger partial charge in [-0.25, -0.2) is 0 Å². The minimum absolute atomic E-state index is 0.00658. The Morgan fingerprint density at radius 2 is 1.85 bits per heavy atom. The lowest BCUT2D eigenvalue weighted by molar-refractivity contribution is -0.124. The van der Waals surface area contributed by atoms with Crippen molar-refractivity contribution in [1.82, 2.24) is 10.2 Å². The van der Waals surface area contributed by atoms with Gasteiger partial charge in [0, 0.05) is 6.04 Å². The average molecular weight is 376 g/mol. The van der Waals surface area contributed by atoms with E-state index in [2.05, 4.69) is 24.5 Å². The Morgan fingerprint density at radius 1 is 1.15 bits per heavy atom. The van der Waals surface area contributed by atoms with E-state index in [-0.39, 0.29) is 30.9 Å². The van der Waals surface area contributed by atoms with Gasteiger partial charge in [-0.2, -0.15) is 0 Å². The van der Waals surface area contributed by atoms with Crippen molar-refractivity contribution in [3.63, 3.8) is 0 Å². The number of carbonyl (C=O) groups excluding carboxylic acids is 2. The summed E-state index contributed by atoms with van der Waals surface area (Å²) in [5.74, 6) is 1.58. The predicted molar refractivity (Wildman–Crippen MR) is 108 cm³/mol. The summed E-state index contributed by atoms with van der Waals surface area (Å²) >= 11 is 0. The maximum absolute atomic E-state index is 12.5. The highest BCUT2D eigenvalue weighted by atomic mass is 16.5. The fourth-order valence-electron chi connectivity index (χ4n) is 3.66. The number of nitrogens with zero attached hydrogens (tertiary/aromatic N) is 1. The summed E-state index contributed by atoms with van der Waals surface area (Å²) in [6.45, 7) is 7.45. The number of hydrogen-bond acceptors (Lipinski definition) is 4. The molecule has 6 nitrogen and oxygen atoms in total. The summed E-state index contributed by atoms with van der Waals surface area (Å²) in [7, 11) is 1.57. The SMILES string of the molecule is CCN(CC(=O)Nc1ccccc1OC)CC(=O)NC1CCCC(C)C1C. The number of likely N-dealkylation sites (N-methyl/N-ethyl adjacent to an activating group) is 1. The third kappa shape index (κ3) is 6.24. The Kier molecular flexibility index (Phi) is 8.10. The topological polar surface area (TPSA) is 70.7 Å². The Labute approximate surface area is 162 Å². The largest absolute Gasteiger partial charge is 0.495 e. The van der Waals surface area contributed by atoms with Crippen molar-refractivity contribution in [1.29, 1.82) is 0 Å². The molecule has 1 aliphatic carbocycles. The lowest BCUT2D eigenvalue weighted by atomic mass is 9.78. The summed E-state index contributed by atoms with van der Waals surface area (Å²) in [6.07, 6.45) is 3.44. The number of hydrogen-bond donors (Lipinski definition) is 2. The van der Waals surface area contributed by atoms with Crippen molar-refractivity contribution < 1.29 is 14.3 Å². The minimum atomic E-state index is -0.159. The molecule has 0 bridgehead atoms. The van der Waals surface area contributed by atoms with Crippen molar-refractivity contribution in [2.24, 2.45) is 11.8 Å². The van der Waals surface area contributed by atoms with Crippen LogP contribution < -0.4 is 15.4 Å². The van der Waals surface area contributed by atoms with Gasteiger partial charge in [0.25, 0.3) is 0 Å². The molecule has 1 aromatic rings. The van der Waals surface area contributed by atoms with Gasteiger partial charge in [0.15, 0.2) is 0 Å². The van der Waals surface area contributed by atoms with E-state index in [1.807, 2.05) is 24.0 Å². The van der Waals surface area contributed by atoms with E-state index in [0.29, 0.717) is 29.8 Å². The number of carbonyl (C=O) groups is 2. The van der Waals surface area contributed by atoms with Crippen LogP contribution in [0.4, 0.5) is 5.69 Å². The highest BCUT2D eigenvalue weighted by molar-refractivity contribution is 5.94. The van der Waals surface area contributed by atoms with Gasteiger partial charge >= 0.3 is 0 Å². The molecule has 1 saturated carbocycles. The van der Waals surface area contributed by atoms with E-state index in [0.717, 1.165) is 12.8 Å². The molecule has 6 heteroatoms. The van der Waals surface area contributed by atoms with Crippen LogP contribution in [0, 0.1) is 11.8 Å². The summed E-state index contributed by atoms with van der Waals surface area (Å²) in [5.41, 5.74) is 0.635. The van der Waals surface area contributed by atoms with Gasteiger partial charge < -0.3 is 15.4 Å². The molecule has 2 amide bonds. The van der Waals surface area contributed by atoms with Crippen LogP contribution in [0.2, 0.25) is 0 Å². The molecule has 0 heterocycles. The molecular formula is C21H33N3O3. The van der Waals surface area contributed by atoms with Crippen LogP contribution in [-0.4, -0.2) is 49.5 Å². The number of ether oxygens (including phenoxy) is 1. The first-order valence-electron chi connectivity index (χ1n) is 9.89. The van der Waals surface area contributed by atoms with E-state index in [1.165, 1.54) is 6.42 Å². The number of amides is 2. The highest BCUT2D eigenvalue weighted by Crippen LogP contribution is 2.29. The van der Waals surface area contributed by atoms with Gasteiger partial charge in [-0.3, -0.25) is 14.5 Å². The molecule has 150 valence electrons. The van der Waals surface area contributed by atoms with E-state index in [1.54, 1.807) is 19.2 Å². The zero-order valence-electron chi connectivity index (χ0n) is 17.0. The first-order valence-corrected chi connectivity index (χ1v) is 9.89. The Morgan fingerprint density at radius 3 is 2.56 bits per heavy atom. The molecule has 1 aromatic carbocycles. The van der Waals surface area contributed by atoms with Crippen LogP contribution in [0.3, 0.4) is 0 Å². The quantitative estimate of drug-likeness (QED) is 0.733. The monoisotopic (exact) mass is 375 g/mol. The third-order valence-corrected chi connectivity index (χ3v) is 5.62. The molecule has 1 aliphatic rings. The summed E-state index contributed by atoms with van der Waals surface area (Å²) in [5, 5.41) is 6.03. The second-order valence-corrected chi connectivity index (χ2v) is 7.49. The van der Waals surface area contributed by atoms with Crippen LogP contribution in [0.25, 0.3) is 0 Å². The fraction of sp³-hybridized carbons (Fsp3) is 0.619. The zero-order chi connectivity index (χ0) is 19.8. The van der Waals surface area contributed by atoms with Crippen LogP contribution in [0.15, 0.2) is 24.3 Å². The zero-order valence-corrected chi connectivity index (χ0v) is 17.0. The van der Waals surface area contributed by atoms with Gasteiger partial charge in [-0.05, 0) is 36.9 Å².